The molecule has 1 aromatic heterocycles. The van der Waals surface area contributed by atoms with Gasteiger partial charge in [-0.05, 0) is 43.2 Å². The Morgan fingerprint density at radius 2 is 1.86 bits per heavy atom. The molecule has 0 aliphatic heterocycles. The Balaban J connectivity index is 1.62. The minimum atomic E-state index is -0.279. The smallest absolute Gasteiger partial charge is 0.258 e. The summed E-state index contributed by atoms with van der Waals surface area (Å²) in [5.41, 5.74) is 7.05. The highest BCUT2D eigenvalue weighted by molar-refractivity contribution is 6.04. The average Bonchev–Trinajstić information content (AvgIpc) is 3.20. The fraction of sp³-hybridized carbons (Fsp3) is 0.250. The van der Waals surface area contributed by atoms with Gasteiger partial charge < -0.3 is 20.8 Å². The largest absolute Gasteiger partial charge is 0.467 e. The fourth-order valence-electron chi connectivity index (χ4n) is 2.01. The van der Waals surface area contributed by atoms with Gasteiger partial charge in [-0.3, -0.25) is 9.59 Å². The van der Waals surface area contributed by atoms with Crippen LogP contribution in [0, 0.1) is 0 Å². The lowest BCUT2D eigenvalue weighted by Gasteiger charge is -2.06. The Morgan fingerprint density at radius 1 is 1.14 bits per heavy atom. The lowest BCUT2D eigenvalue weighted by atomic mass is 10.2. The molecule has 1 heterocycles. The van der Waals surface area contributed by atoms with Crippen molar-refractivity contribution in [3.63, 3.8) is 0 Å². The molecular weight excluding hydrogens is 282 g/mol. The van der Waals surface area contributed by atoms with Crippen LogP contribution >= 0.6 is 0 Å². The molecule has 6 heteroatoms. The lowest BCUT2D eigenvalue weighted by molar-refractivity contribution is 0.0950. The van der Waals surface area contributed by atoms with Gasteiger partial charge in [0.1, 0.15) is 12.0 Å². The second kappa shape index (κ2) is 6.03. The predicted octanol–water partition coefficient (Wildman–Crippen LogP) is 1.88. The van der Waals surface area contributed by atoms with E-state index in [1.165, 1.54) is 6.26 Å². The maximum absolute atomic E-state index is 12.0. The Kier molecular flexibility index (Phi) is 3.93. The second-order valence-corrected chi connectivity index (χ2v) is 5.29. The van der Waals surface area contributed by atoms with Crippen molar-refractivity contribution in [1.29, 1.82) is 0 Å². The van der Waals surface area contributed by atoms with Crippen molar-refractivity contribution in [2.45, 2.75) is 25.4 Å². The molecule has 0 bridgehead atoms. The van der Waals surface area contributed by atoms with Gasteiger partial charge in [0.05, 0.1) is 12.1 Å². The van der Waals surface area contributed by atoms with Gasteiger partial charge in [0.25, 0.3) is 11.8 Å². The highest BCUT2D eigenvalue weighted by Crippen LogP contribution is 2.20. The minimum absolute atomic E-state index is 0.0807. The summed E-state index contributed by atoms with van der Waals surface area (Å²) in [5, 5.41) is 5.66. The van der Waals surface area contributed by atoms with E-state index in [-0.39, 0.29) is 18.4 Å². The Bertz CT molecular complexity index is 687. The second-order valence-electron chi connectivity index (χ2n) is 5.29. The van der Waals surface area contributed by atoms with E-state index in [9.17, 15) is 9.59 Å². The average molecular weight is 299 g/mol. The quantitative estimate of drug-likeness (QED) is 0.785. The minimum Gasteiger partial charge on any atom is -0.467 e. The molecule has 2 amide bonds. The third kappa shape index (κ3) is 3.35. The number of hydrogen-bond acceptors (Lipinski definition) is 4. The van der Waals surface area contributed by atoms with E-state index in [0.717, 1.165) is 12.8 Å². The Morgan fingerprint density at radius 3 is 2.45 bits per heavy atom. The van der Waals surface area contributed by atoms with E-state index >= 15 is 0 Å². The van der Waals surface area contributed by atoms with Crippen molar-refractivity contribution in [3.05, 3.63) is 53.5 Å². The van der Waals surface area contributed by atoms with Crippen LogP contribution in [0.15, 0.2) is 41.0 Å². The van der Waals surface area contributed by atoms with Crippen LogP contribution in [0.4, 0.5) is 5.69 Å². The monoisotopic (exact) mass is 299 g/mol. The topological polar surface area (TPSA) is 97.4 Å². The Labute approximate surface area is 127 Å². The molecule has 1 fully saturated rings. The maximum atomic E-state index is 12.0. The highest BCUT2D eigenvalue weighted by Gasteiger charge is 2.23. The zero-order valence-corrected chi connectivity index (χ0v) is 12.0. The first-order valence-corrected chi connectivity index (χ1v) is 7.15. The molecular formula is C16H17N3O3. The van der Waals surface area contributed by atoms with Crippen LogP contribution in [-0.4, -0.2) is 17.9 Å². The molecule has 3 rings (SSSR count). The molecule has 0 saturated heterocycles. The van der Waals surface area contributed by atoms with Crippen molar-refractivity contribution in [3.8, 4) is 0 Å². The number of nitrogens with two attached hydrogens (primary N) is 1. The number of benzene rings is 1. The van der Waals surface area contributed by atoms with Crippen LogP contribution in [0.2, 0.25) is 0 Å². The summed E-state index contributed by atoms with van der Waals surface area (Å²) in [6.45, 7) is 0.248. The number of hydrogen-bond donors (Lipinski definition) is 3. The standard InChI is InChI=1S/C16H17N3O3/c17-8-14-7-11(9-22-14)16(21)19-12-3-1-10(2-4-12)15(20)18-13-5-6-13/h1-4,7,9,13H,5-6,8,17H2,(H,18,20)(H,19,21). The van der Waals surface area contributed by atoms with Crippen LogP contribution in [0.1, 0.15) is 39.3 Å². The lowest BCUT2D eigenvalue weighted by Crippen LogP contribution is -2.25. The summed E-state index contributed by atoms with van der Waals surface area (Å²) >= 11 is 0. The van der Waals surface area contributed by atoms with E-state index in [1.54, 1.807) is 30.3 Å². The van der Waals surface area contributed by atoms with Crippen LogP contribution < -0.4 is 16.4 Å². The number of carbonyl (C=O) groups excluding carboxylic acids is 2. The van der Waals surface area contributed by atoms with Crippen LogP contribution in [0.3, 0.4) is 0 Å². The predicted molar refractivity (Wildman–Crippen MR) is 81.5 cm³/mol. The first-order valence-electron chi connectivity index (χ1n) is 7.15. The van der Waals surface area contributed by atoms with Gasteiger partial charge in [0, 0.05) is 17.3 Å². The molecule has 1 aliphatic carbocycles. The van der Waals surface area contributed by atoms with E-state index in [2.05, 4.69) is 10.6 Å². The van der Waals surface area contributed by atoms with Gasteiger partial charge in [-0.1, -0.05) is 0 Å². The number of rotatable bonds is 5. The van der Waals surface area contributed by atoms with Crippen molar-refractivity contribution in [2.24, 2.45) is 5.73 Å². The summed E-state index contributed by atoms with van der Waals surface area (Å²) in [4.78, 5) is 23.9. The summed E-state index contributed by atoms with van der Waals surface area (Å²) in [5.74, 6) is 0.193. The van der Waals surface area contributed by atoms with Gasteiger partial charge in [-0.2, -0.15) is 0 Å². The number of carbonyl (C=O) groups is 2. The third-order valence-electron chi connectivity index (χ3n) is 3.43. The highest BCUT2D eigenvalue weighted by atomic mass is 16.3. The summed E-state index contributed by atoms with van der Waals surface area (Å²) in [6.07, 6.45) is 3.47. The molecule has 2 aromatic rings. The normalized spacial score (nSPS) is 13.7. The fourth-order valence-corrected chi connectivity index (χ4v) is 2.01. The van der Waals surface area contributed by atoms with Gasteiger partial charge in [-0.15, -0.1) is 0 Å². The van der Waals surface area contributed by atoms with E-state index in [1.807, 2.05) is 0 Å². The third-order valence-corrected chi connectivity index (χ3v) is 3.43. The van der Waals surface area contributed by atoms with E-state index in [0.29, 0.717) is 28.6 Å². The Hall–Kier alpha value is -2.60. The molecule has 1 aromatic carbocycles. The summed E-state index contributed by atoms with van der Waals surface area (Å²) in [7, 11) is 0. The zero-order chi connectivity index (χ0) is 15.5. The van der Waals surface area contributed by atoms with Gasteiger partial charge in [-0.25, -0.2) is 0 Å². The molecule has 6 nitrogen and oxygen atoms in total. The van der Waals surface area contributed by atoms with Gasteiger partial charge in [0.15, 0.2) is 0 Å². The zero-order valence-electron chi connectivity index (χ0n) is 12.0. The maximum Gasteiger partial charge on any atom is 0.258 e. The van der Waals surface area contributed by atoms with Crippen molar-refractivity contribution < 1.29 is 14.0 Å². The van der Waals surface area contributed by atoms with Crippen molar-refractivity contribution in [1.82, 2.24) is 5.32 Å². The van der Waals surface area contributed by atoms with Crippen LogP contribution in [0.5, 0.6) is 0 Å². The summed E-state index contributed by atoms with van der Waals surface area (Å²) in [6, 6.07) is 8.70. The summed E-state index contributed by atoms with van der Waals surface area (Å²) < 4.78 is 5.13. The molecule has 1 saturated carbocycles. The van der Waals surface area contributed by atoms with Crippen molar-refractivity contribution >= 4 is 17.5 Å². The molecule has 0 atom stereocenters. The van der Waals surface area contributed by atoms with Crippen LogP contribution in [-0.2, 0) is 6.54 Å². The van der Waals surface area contributed by atoms with E-state index in [4.69, 9.17) is 10.2 Å². The number of amides is 2. The molecule has 22 heavy (non-hydrogen) atoms. The SMILES string of the molecule is NCc1cc(C(=O)Nc2ccc(C(=O)NC3CC3)cc2)co1. The number of furan rings is 1. The molecule has 0 spiro atoms. The van der Waals surface area contributed by atoms with Crippen LogP contribution in [0.25, 0.3) is 0 Å². The molecule has 4 N–H and O–H groups in total. The van der Waals surface area contributed by atoms with Gasteiger partial charge >= 0.3 is 0 Å². The number of anilines is 1. The van der Waals surface area contributed by atoms with Gasteiger partial charge in [0.2, 0.25) is 0 Å². The molecule has 114 valence electrons. The van der Waals surface area contributed by atoms with E-state index < -0.39 is 0 Å². The molecule has 0 unspecified atom stereocenters. The van der Waals surface area contributed by atoms with Crippen molar-refractivity contribution in [2.75, 3.05) is 5.32 Å². The first kappa shape index (κ1) is 14.3. The number of nitrogens with one attached hydrogen (secondary N) is 2. The molecule has 1 aliphatic rings. The first-order chi connectivity index (χ1) is 10.7. The molecule has 0 radical (unpaired) electrons.